The Bertz CT molecular complexity index is 3390. The van der Waals surface area contributed by atoms with E-state index in [4.69, 9.17) is 23.7 Å². The monoisotopic (exact) mass is 1230 g/mol. The van der Waals surface area contributed by atoms with Crippen LogP contribution in [0, 0.1) is 0 Å². The third-order valence-electron chi connectivity index (χ3n) is 14.5. The van der Waals surface area contributed by atoms with Crippen molar-refractivity contribution in [2.75, 3.05) is 95.8 Å². The highest BCUT2D eigenvalue weighted by Gasteiger charge is 2.47. The van der Waals surface area contributed by atoms with Crippen molar-refractivity contribution in [3.63, 3.8) is 0 Å². The lowest BCUT2D eigenvalue weighted by Crippen LogP contribution is -2.31. The molecule has 6 rings (SSSR count). The van der Waals surface area contributed by atoms with Gasteiger partial charge in [0.05, 0.1) is 79.5 Å². The molecule has 3 aromatic rings. The van der Waals surface area contributed by atoms with E-state index in [1.807, 2.05) is 61.8 Å². The van der Waals surface area contributed by atoms with Crippen molar-refractivity contribution in [2.45, 2.75) is 107 Å². The zero-order valence-electron chi connectivity index (χ0n) is 48.0. The van der Waals surface area contributed by atoms with Gasteiger partial charge >= 0.3 is 10.3 Å². The van der Waals surface area contributed by atoms with Gasteiger partial charge in [-0.1, -0.05) is 56.8 Å². The zero-order valence-corrected chi connectivity index (χ0v) is 51.2. The first-order valence-corrected chi connectivity index (χ1v) is 33.5. The predicted molar refractivity (Wildman–Crippen MR) is 318 cm³/mol. The molecule has 1 aliphatic carbocycles. The third-order valence-corrected chi connectivity index (χ3v) is 17.8. The second-order valence-electron chi connectivity index (χ2n) is 21.5. The van der Waals surface area contributed by atoms with Crippen molar-refractivity contribution in [2.24, 2.45) is 0 Å². The molecule has 0 saturated carbocycles. The SMILES string of the molecule is C=C(C)NCCCOCCOCCOCCOCCOCCCNCc1ccc(C2=C(/C=C/C3=[N+](CCCCS(=O)(=O)O)c4ccc(S(=O)(=O)O)cc4C3(C)C)CCC/C2=C\C=C2\N(S(=O)(=O)O)c3ccc(S(=O)(=O)O)cc3C2(C)C)cc1. The van der Waals surface area contributed by atoms with Crippen LogP contribution in [0.2, 0.25) is 0 Å². The molecule has 0 aromatic heterocycles. The maximum Gasteiger partial charge on any atom is 0.364 e. The Hall–Kier alpha value is -4.97. The molecule has 3 aromatic carbocycles. The second-order valence-corrected chi connectivity index (χ2v) is 27.2. The predicted octanol–water partition coefficient (Wildman–Crippen LogP) is 7.91. The van der Waals surface area contributed by atoms with Gasteiger partial charge in [-0.15, -0.1) is 0 Å². The molecule has 0 fully saturated rings. The highest BCUT2D eigenvalue weighted by atomic mass is 32.2. The molecule has 21 nitrogen and oxygen atoms in total. The molecule has 0 atom stereocenters. The smallest absolute Gasteiger partial charge is 0.364 e. The molecule has 2 aliphatic heterocycles. The van der Waals surface area contributed by atoms with Gasteiger partial charge in [0.1, 0.15) is 6.54 Å². The van der Waals surface area contributed by atoms with Crippen molar-refractivity contribution >= 4 is 63.3 Å². The number of anilines is 1. The van der Waals surface area contributed by atoms with Gasteiger partial charge in [-0.3, -0.25) is 18.2 Å². The van der Waals surface area contributed by atoms with E-state index < -0.39 is 62.1 Å². The summed E-state index contributed by atoms with van der Waals surface area (Å²) in [6, 6.07) is 15.9. The van der Waals surface area contributed by atoms with Crippen molar-refractivity contribution in [3.05, 3.63) is 136 Å². The number of nitrogens with zero attached hydrogens (tertiary/aromatic N) is 2. The Balaban J connectivity index is 1.16. The standard InChI is InChI=1S/C58H80N4O17S4/c1-43(2)60-27-11-30-76-32-34-78-36-38-79-37-35-77-33-31-75-29-10-26-59-42-44-14-16-47(17-15-44)56-45(18-24-54-57(3,4)50-40-48(81(66,67)68)20-22-52(50)61(54)28-7-8-39-80(63,64)65)12-9-13-46(56)19-25-55-58(5,6)51-41-49(82(69,70)71)21-23-53(51)62(55)83(72,73)74/h14-25,40-41,59-60H,1,7-13,26-39,42H2,2-6H3,(H3-,63,64,65,66,67,68,69,70,71,72,73,74)/p+1. The first-order valence-electron chi connectivity index (χ1n) is 27.6. The molecule has 0 amide bonds. The fourth-order valence-corrected chi connectivity index (χ4v) is 12.8. The minimum atomic E-state index is -4.96. The van der Waals surface area contributed by atoms with Crippen molar-refractivity contribution in [3.8, 4) is 0 Å². The molecule has 2 heterocycles. The van der Waals surface area contributed by atoms with Crippen LogP contribution in [0.3, 0.4) is 0 Å². The summed E-state index contributed by atoms with van der Waals surface area (Å²) < 4.78 is 169. The average molecular weight is 1230 g/mol. The van der Waals surface area contributed by atoms with Crippen molar-refractivity contribution in [1.82, 2.24) is 10.6 Å². The number of hydrogen-bond acceptors (Lipinski definition) is 15. The molecule has 0 bridgehead atoms. The number of ether oxygens (including phenoxy) is 5. The quantitative estimate of drug-likeness (QED) is 0.0185. The fourth-order valence-electron chi connectivity index (χ4n) is 10.3. The van der Waals surface area contributed by atoms with Crippen LogP contribution in [0.1, 0.15) is 102 Å². The molecular weight excluding hydrogens is 1150 g/mol. The minimum absolute atomic E-state index is 0.0239. The highest BCUT2D eigenvalue weighted by molar-refractivity contribution is 7.87. The number of fused-ring (bicyclic) bond motifs is 2. The number of hydrogen-bond donors (Lipinski definition) is 6. The average Bonchev–Trinajstić information content (AvgIpc) is 2.91. The zero-order chi connectivity index (χ0) is 60.6. The van der Waals surface area contributed by atoms with Crippen LogP contribution in [-0.2, 0) is 81.7 Å². The third kappa shape index (κ3) is 19.3. The number of allylic oxidation sites excluding steroid dienone is 9. The van der Waals surface area contributed by atoms with E-state index in [0.29, 0.717) is 123 Å². The van der Waals surface area contributed by atoms with Crippen LogP contribution in [0.15, 0.2) is 124 Å². The maximum atomic E-state index is 13.1. The van der Waals surface area contributed by atoms with Crippen LogP contribution >= 0.6 is 0 Å². The summed E-state index contributed by atoms with van der Waals surface area (Å²) >= 11 is 0. The van der Waals surface area contributed by atoms with Crippen molar-refractivity contribution in [1.29, 1.82) is 0 Å². The van der Waals surface area contributed by atoms with Crippen LogP contribution in [0.25, 0.3) is 5.57 Å². The van der Waals surface area contributed by atoms with Gasteiger partial charge < -0.3 is 34.3 Å². The van der Waals surface area contributed by atoms with Gasteiger partial charge in [0.15, 0.2) is 5.71 Å². The number of rotatable bonds is 35. The highest BCUT2D eigenvalue weighted by Crippen LogP contribution is 2.50. The van der Waals surface area contributed by atoms with Crippen LogP contribution in [-0.4, -0.2) is 154 Å². The van der Waals surface area contributed by atoms with Gasteiger partial charge in [0.2, 0.25) is 5.69 Å². The molecule has 6 N–H and O–H groups in total. The summed E-state index contributed by atoms with van der Waals surface area (Å²) in [7, 11) is -18.4. The van der Waals surface area contributed by atoms with Crippen LogP contribution in [0.4, 0.5) is 11.4 Å². The van der Waals surface area contributed by atoms with Gasteiger partial charge in [-0.2, -0.15) is 38.2 Å². The fraction of sp³-hybridized carbons (Fsp3) is 0.500. The second kappa shape index (κ2) is 29.9. The Morgan fingerprint density at radius 3 is 1.76 bits per heavy atom. The van der Waals surface area contributed by atoms with Gasteiger partial charge in [-0.05, 0) is 136 Å². The van der Waals surface area contributed by atoms with Gasteiger partial charge in [0.25, 0.3) is 30.4 Å². The summed E-state index contributed by atoms with van der Waals surface area (Å²) in [5.74, 6) is -0.438. The molecule has 0 unspecified atom stereocenters. The number of nitrogens with one attached hydrogen (secondary N) is 2. The van der Waals surface area contributed by atoms with Crippen LogP contribution in [0.5, 0.6) is 0 Å². The molecule has 25 heteroatoms. The largest absolute Gasteiger partial charge is 0.389 e. The lowest BCUT2D eigenvalue weighted by Gasteiger charge is -2.25. The Morgan fingerprint density at radius 1 is 0.651 bits per heavy atom. The lowest BCUT2D eigenvalue weighted by atomic mass is 9.79. The van der Waals surface area contributed by atoms with E-state index in [0.717, 1.165) is 69.0 Å². The van der Waals surface area contributed by atoms with Gasteiger partial charge in [0, 0.05) is 67.2 Å². The molecule has 0 spiro atoms. The number of benzene rings is 3. The number of unbranched alkanes of at least 4 members (excludes halogenated alkanes) is 1. The van der Waals surface area contributed by atoms with E-state index in [1.54, 1.807) is 32.1 Å². The minimum Gasteiger partial charge on any atom is -0.389 e. The van der Waals surface area contributed by atoms with E-state index in [1.165, 1.54) is 24.3 Å². The summed E-state index contributed by atoms with van der Waals surface area (Å²) in [4.78, 5) is -0.714. The van der Waals surface area contributed by atoms with E-state index in [-0.39, 0.29) is 28.3 Å². The summed E-state index contributed by atoms with van der Waals surface area (Å²) in [6.45, 7) is 20.4. The summed E-state index contributed by atoms with van der Waals surface area (Å²) in [5, 5.41) is 6.63. The van der Waals surface area contributed by atoms with E-state index >= 15 is 0 Å². The topological polar surface area (TPSA) is 294 Å². The van der Waals surface area contributed by atoms with Crippen LogP contribution < -0.4 is 14.9 Å². The summed E-state index contributed by atoms with van der Waals surface area (Å²) in [5.41, 5.74) is 5.81. The first kappa shape index (κ1) is 67.2. The summed E-state index contributed by atoms with van der Waals surface area (Å²) in [6.07, 6.45) is 11.4. The first-order chi connectivity index (χ1) is 39.1. The molecule has 3 aliphatic rings. The molecule has 0 radical (unpaired) electrons. The Labute approximate surface area is 490 Å². The van der Waals surface area contributed by atoms with Crippen molar-refractivity contribution < 1.29 is 80.1 Å². The molecule has 458 valence electrons. The maximum absolute atomic E-state index is 13.1. The Kier molecular flexibility index (Phi) is 24.2. The van der Waals surface area contributed by atoms with Gasteiger partial charge in [-0.25, -0.2) is 4.31 Å². The lowest BCUT2D eigenvalue weighted by molar-refractivity contribution is -0.438. The molecular formula is C58H81N4O17S4+. The van der Waals surface area contributed by atoms with E-state index in [2.05, 4.69) is 17.2 Å². The molecule has 83 heavy (non-hydrogen) atoms. The molecule has 0 saturated heterocycles. The Morgan fingerprint density at radius 2 is 1.20 bits per heavy atom. The normalized spacial score (nSPS) is 17.3. The van der Waals surface area contributed by atoms with E-state index in [9.17, 15) is 51.9 Å².